The first kappa shape index (κ1) is 14.7. The first-order valence-electron chi connectivity index (χ1n) is 6.73. The molecule has 1 rings (SSSR count). The van der Waals surface area contributed by atoms with Gasteiger partial charge in [0.15, 0.2) is 0 Å². The molecule has 1 aromatic rings. The molecule has 1 atom stereocenters. The Hall–Kier alpha value is -1.35. The average molecular weight is 249 g/mol. The van der Waals surface area contributed by atoms with Crippen LogP contribution in [-0.2, 0) is 0 Å². The fourth-order valence-corrected chi connectivity index (χ4v) is 2.02. The van der Waals surface area contributed by atoms with Crippen LogP contribution in [-0.4, -0.2) is 16.5 Å². The third-order valence-electron chi connectivity index (χ3n) is 3.08. The van der Waals surface area contributed by atoms with Crippen molar-refractivity contribution in [1.82, 2.24) is 0 Å². The summed E-state index contributed by atoms with van der Waals surface area (Å²) in [7, 11) is 0. The van der Waals surface area contributed by atoms with Gasteiger partial charge in [0.2, 0.25) is 0 Å². The summed E-state index contributed by atoms with van der Waals surface area (Å²) in [4.78, 5) is 0. The van der Waals surface area contributed by atoms with Gasteiger partial charge in [-0.2, -0.15) is 0 Å². The monoisotopic (exact) mass is 249 g/mol. The van der Waals surface area contributed by atoms with Crippen molar-refractivity contribution in [2.24, 2.45) is 5.16 Å². The van der Waals surface area contributed by atoms with E-state index < -0.39 is 6.10 Å². The summed E-state index contributed by atoms with van der Waals surface area (Å²) in [6.07, 6.45) is 7.76. The summed E-state index contributed by atoms with van der Waals surface area (Å²) in [6, 6.07) is 7.48. The van der Waals surface area contributed by atoms with Crippen molar-refractivity contribution in [1.29, 1.82) is 0 Å². The fraction of sp³-hybridized carbons (Fsp3) is 0.533. The second kappa shape index (κ2) is 8.70. The van der Waals surface area contributed by atoms with Gasteiger partial charge in [-0.3, -0.25) is 0 Å². The molecule has 0 fully saturated rings. The molecule has 0 radical (unpaired) electrons. The normalized spacial score (nSPS) is 13.0. The first-order valence-corrected chi connectivity index (χ1v) is 6.73. The molecule has 18 heavy (non-hydrogen) atoms. The molecule has 0 spiro atoms. The molecule has 0 bridgehead atoms. The highest BCUT2D eigenvalue weighted by Gasteiger charge is 2.07. The highest BCUT2D eigenvalue weighted by molar-refractivity contribution is 5.79. The maximum atomic E-state index is 10.1. The molecule has 0 saturated heterocycles. The second-order valence-electron chi connectivity index (χ2n) is 4.63. The van der Waals surface area contributed by atoms with Crippen LogP contribution in [0.5, 0.6) is 0 Å². The minimum Gasteiger partial charge on any atom is -0.411 e. The van der Waals surface area contributed by atoms with E-state index in [0.717, 1.165) is 24.0 Å². The topological polar surface area (TPSA) is 52.8 Å². The lowest BCUT2D eigenvalue weighted by atomic mass is 10.0. The molecule has 3 heteroatoms. The van der Waals surface area contributed by atoms with E-state index in [9.17, 15) is 5.11 Å². The molecule has 1 aromatic carbocycles. The SMILES string of the molecule is CCCCCCCC(O)c1cccc(C=NO)c1. The van der Waals surface area contributed by atoms with Crippen molar-refractivity contribution in [2.75, 3.05) is 0 Å². The summed E-state index contributed by atoms with van der Waals surface area (Å²) in [5.74, 6) is 0. The number of nitrogens with zero attached hydrogens (tertiary/aromatic N) is 1. The molecule has 0 aromatic heterocycles. The van der Waals surface area contributed by atoms with Crippen molar-refractivity contribution in [3.63, 3.8) is 0 Å². The Morgan fingerprint density at radius 2 is 2.00 bits per heavy atom. The summed E-state index contributed by atoms with van der Waals surface area (Å²) in [5, 5.41) is 21.5. The van der Waals surface area contributed by atoms with Gasteiger partial charge in [-0.1, -0.05) is 62.4 Å². The zero-order valence-corrected chi connectivity index (χ0v) is 11.0. The number of aliphatic hydroxyl groups excluding tert-OH is 1. The molecule has 0 heterocycles. The van der Waals surface area contributed by atoms with E-state index in [-0.39, 0.29) is 0 Å². The zero-order chi connectivity index (χ0) is 13.2. The lowest BCUT2D eigenvalue weighted by Crippen LogP contribution is -1.98. The van der Waals surface area contributed by atoms with Gasteiger partial charge in [-0.15, -0.1) is 0 Å². The van der Waals surface area contributed by atoms with Gasteiger partial charge in [-0.25, -0.2) is 0 Å². The standard InChI is InChI=1S/C15H23NO2/c1-2-3-4-5-6-10-15(17)14-9-7-8-13(11-14)12-16-18/h7-9,11-12,15,17-18H,2-6,10H2,1H3. The van der Waals surface area contributed by atoms with E-state index in [1.54, 1.807) is 0 Å². The van der Waals surface area contributed by atoms with Crippen LogP contribution in [0.25, 0.3) is 0 Å². The minimum absolute atomic E-state index is 0.418. The van der Waals surface area contributed by atoms with Gasteiger partial charge in [0.1, 0.15) is 0 Å². The van der Waals surface area contributed by atoms with Gasteiger partial charge < -0.3 is 10.3 Å². The molecule has 2 N–H and O–H groups in total. The number of unbranched alkanes of at least 4 members (excludes halogenated alkanes) is 4. The van der Waals surface area contributed by atoms with Crippen LogP contribution in [0, 0.1) is 0 Å². The molecule has 0 amide bonds. The zero-order valence-electron chi connectivity index (χ0n) is 11.0. The van der Waals surface area contributed by atoms with Crippen LogP contribution < -0.4 is 0 Å². The Morgan fingerprint density at radius 1 is 1.22 bits per heavy atom. The highest BCUT2D eigenvalue weighted by atomic mass is 16.4. The maximum Gasteiger partial charge on any atom is 0.0790 e. The summed E-state index contributed by atoms with van der Waals surface area (Å²) in [5.41, 5.74) is 1.70. The second-order valence-corrected chi connectivity index (χ2v) is 4.63. The van der Waals surface area contributed by atoms with E-state index in [1.165, 1.54) is 31.9 Å². The van der Waals surface area contributed by atoms with Crippen LogP contribution in [0.3, 0.4) is 0 Å². The summed E-state index contributed by atoms with van der Waals surface area (Å²) in [6.45, 7) is 2.20. The summed E-state index contributed by atoms with van der Waals surface area (Å²) < 4.78 is 0. The lowest BCUT2D eigenvalue weighted by Gasteiger charge is -2.11. The van der Waals surface area contributed by atoms with E-state index in [0.29, 0.717) is 0 Å². The Balaban J connectivity index is 2.40. The van der Waals surface area contributed by atoms with E-state index in [2.05, 4.69) is 12.1 Å². The number of oxime groups is 1. The number of benzene rings is 1. The summed E-state index contributed by atoms with van der Waals surface area (Å²) >= 11 is 0. The van der Waals surface area contributed by atoms with Crippen molar-refractivity contribution in [2.45, 2.75) is 51.6 Å². The van der Waals surface area contributed by atoms with Crippen molar-refractivity contribution in [3.8, 4) is 0 Å². The number of hydrogen-bond donors (Lipinski definition) is 2. The van der Waals surface area contributed by atoms with Gasteiger partial charge in [0.25, 0.3) is 0 Å². The van der Waals surface area contributed by atoms with E-state index in [1.807, 2.05) is 24.3 Å². The van der Waals surface area contributed by atoms with Crippen molar-refractivity contribution in [3.05, 3.63) is 35.4 Å². The van der Waals surface area contributed by atoms with Crippen LogP contribution in [0.1, 0.15) is 62.7 Å². The predicted molar refractivity (Wildman–Crippen MR) is 74.2 cm³/mol. The first-order chi connectivity index (χ1) is 8.77. The molecule has 0 aliphatic carbocycles. The highest BCUT2D eigenvalue weighted by Crippen LogP contribution is 2.20. The van der Waals surface area contributed by atoms with Crippen LogP contribution in [0.15, 0.2) is 29.4 Å². The third-order valence-corrected chi connectivity index (χ3v) is 3.08. The lowest BCUT2D eigenvalue weighted by molar-refractivity contribution is 0.163. The molecular formula is C15H23NO2. The van der Waals surface area contributed by atoms with Crippen molar-refractivity contribution >= 4 is 6.21 Å². The van der Waals surface area contributed by atoms with E-state index in [4.69, 9.17) is 5.21 Å². The number of rotatable bonds is 8. The molecule has 100 valence electrons. The largest absolute Gasteiger partial charge is 0.411 e. The maximum absolute atomic E-state index is 10.1. The van der Waals surface area contributed by atoms with Gasteiger partial charge >= 0.3 is 0 Å². The van der Waals surface area contributed by atoms with Crippen LogP contribution in [0.4, 0.5) is 0 Å². The minimum atomic E-state index is -0.418. The molecular weight excluding hydrogens is 226 g/mol. The van der Waals surface area contributed by atoms with E-state index >= 15 is 0 Å². The average Bonchev–Trinajstić information content (AvgIpc) is 2.39. The van der Waals surface area contributed by atoms with Gasteiger partial charge in [0, 0.05) is 0 Å². The fourth-order valence-electron chi connectivity index (χ4n) is 2.02. The predicted octanol–water partition coefficient (Wildman–Crippen LogP) is 3.89. The Bertz CT molecular complexity index is 363. The molecule has 0 aliphatic heterocycles. The Labute approximate surface area is 109 Å². The smallest absolute Gasteiger partial charge is 0.0790 e. The third kappa shape index (κ3) is 5.32. The van der Waals surface area contributed by atoms with Gasteiger partial charge in [-0.05, 0) is 23.6 Å². The Kier molecular flexibility index (Phi) is 7.11. The van der Waals surface area contributed by atoms with Crippen LogP contribution >= 0.6 is 0 Å². The molecule has 0 saturated carbocycles. The quantitative estimate of drug-likeness (QED) is 0.318. The number of aliphatic hydroxyl groups is 1. The van der Waals surface area contributed by atoms with Gasteiger partial charge in [0.05, 0.1) is 12.3 Å². The number of hydrogen-bond acceptors (Lipinski definition) is 3. The molecule has 1 unspecified atom stereocenters. The molecule has 0 aliphatic rings. The van der Waals surface area contributed by atoms with Crippen molar-refractivity contribution < 1.29 is 10.3 Å². The molecule has 3 nitrogen and oxygen atoms in total. The Morgan fingerprint density at radius 3 is 2.72 bits per heavy atom. The van der Waals surface area contributed by atoms with Crippen LogP contribution in [0.2, 0.25) is 0 Å².